The van der Waals surface area contributed by atoms with Crippen LogP contribution in [0.15, 0.2) is 17.1 Å². The summed E-state index contributed by atoms with van der Waals surface area (Å²) in [7, 11) is -1.14. The quantitative estimate of drug-likeness (QED) is 0.783. The third-order valence-electron chi connectivity index (χ3n) is 2.40. The molecule has 0 bridgehead atoms. The topological polar surface area (TPSA) is 76.2 Å². The van der Waals surface area contributed by atoms with Gasteiger partial charge in [0.25, 0.3) is 0 Å². The van der Waals surface area contributed by atoms with Gasteiger partial charge in [-0.25, -0.2) is 0 Å². The Hall–Kier alpha value is -1.43. The number of nitrogens with one attached hydrogen (secondary N) is 1. The molecule has 1 heterocycles. The van der Waals surface area contributed by atoms with Gasteiger partial charge in [-0.3, -0.25) is 13.8 Å². The van der Waals surface area contributed by atoms with Crippen molar-refractivity contribution < 1.29 is 13.7 Å². The summed E-state index contributed by atoms with van der Waals surface area (Å²) >= 11 is 0. The van der Waals surface area contributed by atoms with Crippen LogP contribution >= 0.6 is 0 Å². The van der Waals surface area contributed by atoms with E-state index in [1.807, 2.05) is 6.92 Å². The summed E-state index contributed by atoms with van der Waals surface area (Å²) in [5.74, 6) is 0.868. The Kier molecular flexibility index (Phi) is 6.49. The van der Waals surface area contributed by atoms with Crippen LogP contribution in [-0.2, 0) is 21.3 Å². The zero-order valence-electron chi connectivity index (χ0n) is 11.2. The SMILES string of the molecule is CCCOc1c[nH]c(CS(=O)CCC(C)=O)cc1=O. The van der Waals surface area contributed by atoms with Crippen LogP contribution in [-0.4, -0.2) is 27.3 Å². The second-order valence-electron chi connectivity index (χ2n) is 4.28. The number of ether oxygens (including phenoxy) is 1. The van der Waals surface area contributed by atoms with E-state index in [9.17, 15) is 13.8 Å². The van der Waals surface area contributed by atoms with Crippen molar-refractivity contribution in [2.75, 3.05) is 12.4 Å². The first-order chi connectivity index (χ1) is 9.02. The lowest BCUT2D eigenvalue weighted by Gasteiger charge is -2.05. The molecule has 106 valence electrons. The number of hydrogen-bond donors (Lipinski definition) is 1. The molecule has 1 N–H and O–H groups in total. The van der Waals surface area contributed by atoms with Gasteiger partial charge in [0.15, 0.2) is 5.75 Å². The summed E-state index contributed by atoms with van der Waals surface area (Å²) in [4.78, 5) is 25.4. The maximum Gasteiger partial charge on any atom is 0.223 e. The van der Waals surface area contributed by atoms with E-state index in [0.29, 0.717) is 24.5 Å². The monoisotopic (exact) mass is 285 g/mol. The second-order valence-corrected chi connectivity index (χ2v) is 5.85. The number of carbonyl (C=O) groups is 1. The molecular weight excluding hydrogens is 266 g/mol. The number of aromatic nitrogens is 1. The van der Waals surface area contributed by atoms with Gasteiger partial charge in [-0.15, -0.1) is 0 Å². The van der Waals surface area contributed by atoms with E-state index < -0.39 is 10.8 Å². The summed E-state index contributed by atoms with van der Waals surface area (Å²) in [5.41, 5.74) is 0.376. The molecule has 0 radical (unpaired) electrons. The summed E-state index contributed by atoms with van der Waals surface area (Å²) < 4.78 is 17.0. The Morgan fingerprint density at radius 1 is 1.47 bits per heavy atom. The van der Waals surface area contributed by atoms with Crippen LogP contribution in [0.1, 0.15) is 32.4 Å². The normalized spacial score (nSPS) is 12.1. The lowest BCUT2D eigenvalue weighted by atomic mass is 10.3. The van der Waals surface area contributed by atoms with E-state index in [-0.39, 0.29) is 22.7 Å². The van der Waals surface area contributed by atoms with Crippen molar-refractivity contribution in [2.24, 2.45) is 0 Å². The third kappa shape index (κ3) is 5.83. The molecule has 5 nitrogen and oxygen atoms in total. The van der Waals surface area contributed by atoms with Gasteiger partial charge in [0, 0.05) is 40.9 Å². The van der Waals surface area contributed by atoms with Gasteiger partial charge in [0.1, 0.15) is 5.78 Å². The van der Waals surface area contributed by atoms with Gasteiger partial charge in [-0.1, -0.05) is 6.92 Å². The predicted octanol–water partition coefficient (Wildman–Crippen LogP) is 1.39. The van der Waals surface area contributed by atoms with Gasteiger partial charge in [-0.2, -0.15) is 0 Å². The molecule has 1 rings (SSSR count). The molecule has 1 aromatic rings. The van der Waals surface area contributed by atoms with Crippen molar-refractivity contribution >= 4 is 16.6 Å². The summed E-state index contributed by atoms with van der Waals surface area (Å²) in [6.45, 7) is 3.92. The molecular formula is C13H19NO4S. The van der Waals surface area contributed by atoms with Crippen LogP contribution < -0.4 is 10.2 Å². The number of hydrogen-bond acceptors (Lipinski definition) is 4. The minimum absolute atomic E-state index is 0.0187. The molecule has 6 heteroatoms. The summed E-state index contributed by atoms with van der Waals surface area (Å²) in [5, 5.41) is 0. The predicted molar refractivity (Wildman–Crippen MR) is 74.9 cm³/mol. The fourth-order valence-electron chi connectivity index (χ4n) is 1.41. The fraction of sp³-hybridized carbons (Fsp3) is 0.538. The number of H-pyrrole nitrogens is 1. The molecule has 1 aromatic heterocycles. The van der Waals surface area contributed by atoms with Gasteiger partial charge in [-0.05, 0) is 13.3 Å². The molecule has 0 saturated heterocycles. The van der Waals surface area contributed by atoms with Gasteiger partial charge in [0.05, 0.1) is 12.4 Å². The summed E-state index contributed by atoms with van der Waals surface area (Å²) in [6.07, 6.45) is 2.63. The fourth-order valence-corrected chi connectivity index (χ4v) is 2.58. The number of ketones is 1. The van der Waals surface area contributed by atoms with E-state index in [0.717, 1.165) is 6.42 Å². The Morgan fingerprint density at radius 2 is 2.21 bits per heavy atom. The molecule has 1 atom stereocenters. The minimum Gasteiger partial charge on any atom is -0.488 e. The molecule has 0 spiro atoms. The first-order valence-corrected chi connectivity index (χ1v) is 7.70. The van der Waals surface area contributed by atoms with Crippen LogP contribution in [0.4, 0.5) is 0 Å². The Balaban J connectivity index is 2.60. The standard InChI is InChI=1S/C13H19NO4S/c1-3-5-18-13-8-14-11(7-12(13)16)9-19(17)6-4-10(2)15/h7-8H,3-6,9H2,1-2H3,(H,14,16). The Labute approximate surface area is 114 Å². The zero-order chi connectivity index (χ0) is 14.3. The van der Waals surface area contributed by atoms with Crippen molar-refractivity contribution in [1.82, 2.24) is 4.98 Å². The van der Waals surface area contributed by atoms with Crippen molar-refractivity contribution in [3.63, 3.8) is 0 Å². The first-order valence-electron chi connectivity index (χ1n) is 6.21. The van der Waals surface area contributed by atoms with E-state index in [2.05, 4.69) is 4.98 Å². The number of carbonyl (C=O) groups excluding carboxylic acids is 1. The molecule has 1 unspecified atom stereocenters. The van der Waals surface area contributed by atoms with Crippen molar-refractivity contribution in [3.05, 3.63) is 28.2 Å². The average molecular weight is 285 g/mol. The van der Waals surface area contributed by atoms with E-state index in [1.165, 1.54) is 19.2 Å². The molecule has 0 aliphatic heterocycles. The molecule has 0 saturated carbocycles. The Morgan fingerprint density at radius 3 is 2.79 bits per heavy atom. The van der Waals surface area contributed by atoms with Crippen LogP contribution in [0.3, 0.4) is 0 Å². The van der Waals surface area contributed by atoms with Crippen LogP contribution in [0.5, 0.6) is 5.75 Å². The summed E-state index contributed by atoms with van der Waals surface area (Å²) in [6, 6.07) is 1.40. The molecule has 0 amide bonds. The molecule has 0 aliphatic rings. The highest BCUT2D eigenvalue weighted by Crippen LogP contribution is 2.05. The van der Waals surface area contributed by atoms with Gasteiger partial charge < -0.3 is 9.72 Å². The molecule has 19 heavy (non-hydrogen) atoms. The van der Waals surface area contributed by atoms with E-state index >= 15 is 0 Å². The molecule has 0 fully saturated rings. The van der Waals surface area contributed by atoms with Gasteiger partial charge >= 0.3 is 0 Å². The molecule has 0 aromatic carbocycles. The highest BCUT2D eigenvalue weighted by atomic mass is 32.2. The lowest BCUT2D eigenvalue weighted by Crippen LogP contribution is -2.12. The van der Waals surface area contributed by atoms with E-state index in [1.54, 1.807) is 0 Å². The van der Waals surface area contributed by atoms with Crippen LogP contribution in [0.25, 0.3) is 0 Å². The maximum absolute atomic E-state index is 11.7. The second kappa shape index (κ2) is 7.89. The number of rotatable bonds is 8. The number of pyridine rings is 1. The number of aromatic amines is 1. The third-order valence-corrected chi connectivity index (χ3v) is 3.69. The van der Waals surface area contributed by atoms with Crippen molar-refractivity contribution in [3.8, 4) is 5.75 Å². The lowest BCUT2D eigenvalue weighted by molar-refractivity contribution is -0.116. The van der Waals surface area contributed by atoms with Gasteiger partial charge in [0.2, 0.25) is 5.43 Å². The van der Waals surface area contributed by atoms with Crippen LogP contribution in [0.2, 0.25) is 0 Å². The first kappa shape index (κ1) is 15.6. The molecule has 0 aliphatic carbocycles. The van der Waals surface area contributed by atoms with Crippen LogP contribution in [0, 0.1) is 0 Å². The minimum atomic E-state index is -1.14. The van der Waals surface area contributed by atoms with Crippen molar-refractivity contribution in [2.45, 2.75) is 32.4 Å². The Bertz CT molecular complexity index is 510. The number of Topliss-reactive ketones (excluding diaryl/α,β-unsaturated/α-hetero) is 1. The van der Waals surface area contributed by atoms with E-state index in [4.69, 9.17) is 4.74 Å². The highest BCUT2D eigenvalue weighted by Gasteiger charge is 2.07. The smallest absolute Gasteiger partial charge is 0.223 e. The van der Waals surface area contributed by atoms with Crippen molar-refractivity contribution in [1.29, 1.82) is 0 Å². The zero-order valence-corrected chi connectivity index (χ0v) is 12.0. The largest absolute Gasteiger partial charge is 0.488 e. The average Bonchev–Trinajstić information content (AvgIpc) is 2.35. The highest BCUT2D eigenvalue weighted by molar-refractivity contribution is 7.84. The maximum atomic E-state index is 11.7.